The molecule has 0 saturated heterocycles. The Kier molecular flexibility index (Phi) is 2.83. The largest absolute Gasteiger partial charge is 0.503 e. The summed E-state index contributed by atoms with van der Waals surface area (Å²) in [5, 5.41) is 9.82. The van der Waals surface area contributed by atoms with Crippen LogP contribution in [0.4, 0.5) is 5.69 Å². The summed E-state index contributed by atoms with van der Waals surface area (Å²) in [6.45, 7) is 6.54. The van der Waals surface area contributed by atoms with Crippen molar-refractivity contribution in [3.8, 4) is 5.75 Å². The quantitative estimate of drug-likeness (QED) is 0.704. The van der Waals surface area contributed by atoms with Crippen LogP contribution in [0.2, 0.25) is 0 Å². The molecule has 1 aromatic carbocycles. The zero-order valence-electron chi connectivity index (χ0n) is 10.6. The van der Waals surface area contributed by atoms with E-state index in [-0.39, 0.29) is 5.41 Å². The summed E-state index contributed by atoms with van der Waals surface area (Å²) in [5.74, 6) is 0.371. The number of hydrogen-bond acceptors (Lipinski definition) is 1. The molecule has 1 N–H and O–H groups in total. The van der Waals surface area contributed by atoms with Crippen LogP contribution >= 0.6 is 0 Å². The van der Waals surface area contributed by atoms with E-state index in [2.05, 4.69) is 48.0 Å². The molecule has 15 heavy (non-hydrogen) atoms. The fourth-order valence-corrected chi connectivity index (χ4v) is 1.53. The minimum absolute atomic E-state index is 0.123. The van der Waals surface area contributed by atoms with E-state index < -0.39 is 0 Å². The molecule has 84 valence electrons. The summed E-state index contributed by atoms with van der Waals surface area (Å²) < 4.78 is 0.635. The maximum Gasteiger partial charge on any atom is 0.177 e. The van der Waals surface area contributed by atoms with Crippen molar-refractivity contribution in [2.45, 2.75) is 26.2 Å². The topological polar surface area (TPSA) is 20.2 Å². The molecule has 0 heterocycles. The van der Waals surface area contributed by atoms with Gasteiger partial charge >= 0.3 is 0 Å². The minimum Gasteiger partial charge on any atom is -0.503 e. The van der Waals surface area contributed by atoms with Gasteiger partial charge in [0, 0.05) is 6.07 Å². The van der Waals surface area contributed by atoms with Gasteiger partial charge in [-0.3, -0.25) is 4.48 Å². The van der Waals surface area contributed by atoms with Crippen LogP contribution in [0.15, 0.2) is 18.2 Å². The molecular formula is C13H22NO+. The van der Waals surface area contributed by atoms with Gasteiger partial charge in [0.2, 0.25) is 0 Å². The third-order valence-electron chi connectivity index (χ3n) is 2.56. The van der Waals surface area contributed by atoms with Crippen LogP contribution in [0, 0.1) is 0 Å². The van der Waals surface area contributed by atoms with E-state index in [4.69, 9.17) is 0 Å². The van der Waals surface area contributed by atoms with Gasteiger partial charge in [0.25, 0.3) is 0 Å². The molecule has 0 bridgehead atoms. The number of quaternary nitrogens is 1. The Morgan fingerprint density at radius 2 is 1.60 bits per heavy atom. The van der Waals surface area contributed by atoms with Gasteiger partial charge in [-0.25, -0.2) is 0 Å². The highest BCUT2D eigenvalue weighted by Gasteiger charge is 2.22. The number of aromatic hydroxyl groups is 1. The maximum absolute atomic E-state index is 9.82. The van der Waals surface area contributed by atoms with Crippen molar-refractivity contribution in [2.24, 2.45) is 0 Å². The second-order valence-corrected chi connectivity index (χ2v) is 5.97. The zero-order valence-corrected chi connectivity index (χ0v) is 10.6. The van der Waals surface area contributed by atoms with Crippen molar-refractivity contribution in [2.75, 3.05) is 21.1 Å². The van der Waals surface area contributed by atoms with Crippen molar-refractivity contribution >= 4 is 5.69 Å². The Balaban J connectivity index is 3.30. The lowest BCUT2D eigenvalue weighted by atomic mass is 9.86. The van der Waals surface area contributed by atoms with Crippen molar-refractivity contribution < 1.29 is 5.11 Å². The number of rotatable bonds is 1. The molecule has 0 aliphatic rings. The molecule has 0 saturated carbocycles. The average molecular weight is 208 g/mol. The van der Waals surface area contributed by atoms with Crippen LogP contribution < -0.4 is 4.48 Å². The minimum atomic E-state index is 0.123. The lowest BCUT2D eigenvalue weighted by molar-refractivity contribution is 0.424. The van der Waals surface area contributed by atoms with Crippen molar-refractivity contribution in [3.05, 3.63) is 23.8 Å². The normalized spacial score (nSPS) is 12.9. The van der Waals surface area contributed by atoms with Crippen LogP contribution in [-0.4, -0.2) is 26.2 Å². The first-order chi connectivity index (χ1) is 6.62. The highest BCUT2D eigenvalue weighted by molar-refractivity contribution is 5.56. The molecule has 0 fully saturated rings. The molecule has 0 amide bonds. The van der Waals surface area contributed by atoms with Gasteiger partial charge in [-0.2, -0.15) is 0 Å². The van der Waals surface area contributed by atoms with Crippen molar-refractivity contribution in [3.63, 3.8) is 0 Å². The fraction of sp³-hybridized carbons (Fsp3) is 0.538. The Morgan fingerprint density at radius 3 is 2.00 bits per heavy atom. The number of benzene rings is 1. The molecule has 2 heteroatoms. The molecule has 0 aliphatic carbocycles. The molecule has 0 unspecified atom stereocenters. The second-order valence-electron chi connectivity index (χ2n) is 5.97. The zero-order chi connectivity index (χ0) is 11.9. The van der Waals surface area contributed by atoms with Gasteiger partial charge in [0.15, 0.2) is 11.4 Å². The summed E-state index contributed by atoms with van der Waals surface area (Å²) in [7, 11) is 6.17. The Bertz CT molecular complexity index is 356. The van der Waals surface area contributed by atoms with Crippen LogP contribution in [0.5, 0.6) is 5.75 Å². The van der Waals surface area contributed by atoms with Gasteiger partial charge in [-0.15, -0.1) is 0 Å². The first-order valence-electron chi connectivity index (χ1n) is 5.28. The maximum atomic E-state index is 9.82. The Labute approximate surface area is 92.8 Å². The SMILES string of the molecule is CC(C)(C)c1ccc(O)c([N+](C)(C)C)c1. The Hall–Kier alpha value is -1.02. The highest BCUT2D eigenvalue weighted by Crippen LogP contribution is 2.34. The number of phenols is 1. The summed E-state index contributed by atoms with van der Waals surface area (Å²) in [6.07, 6.45) is 0. The van der Waals surface area contributed by atoms with E-state index in [0.29, 0.717) is 10.2 Å². The Morgan fingerprint density at radius 1 is 1.07 bits per heavy atom. The van der Waals surface area contributed by atoms with Crippen molar-refractivity contribution in [1.29, 1.82) is 0 Å². The van der Waals surface area contributed by atoms with Gasteiger partial charge in [-0.1, -0.05) is 26.8 Å². The monoisotopic (exact) mass is 208 g/mol. The molecule has 1 rings (SSSR count). The molecule has 0 atom stereocenters. The van der Waals surface area contributed by atoms with Crippen LogP contribution in [0.25, 0.3) is 0 Å². The summed E-state index contributed by atoms with van der Waals surface area (Å²) in [5.41, 5.74) is 2.34. The fourth-order valence-electron chi connectivity index (χ4n) is 1.53. The van der Waals surface area contributed by atoms with E-state index in [0.717, 1.165) is 5.69 Å². The molecule has 0 aliphatic heterocycles. The summed E-state index contributed by atoms with van der Waals surface area (Å²) >= 11 is 0. The van der Waals surface area contributed by atoms with E-state index in [1.807, 2.05) is 6.07 Å². The highest BCUT2D eigenvalue weighted by atomic mass is 16.3. The van der Waals surface area contributed by atoms with Crippen LogP contribution in [-0.2, 0) is 5.41 Å². The summed E-state index contributed by atoms with van der Waals surface area (Å²) in [6, 6.07) is 5.88. The molecule has 0 aromatic heterocycles. The lowest BCUT2D eigenvalue weighted by Crippen LogP contribution is -2.35. The van der Waals surface area contributed by atoms with Gasteiger partial charge in [0.1, 0.15) is 0 Å². The number of hydrogen-bond donors (Lipinski definition) is 1. The van der Waals surface area contributed by atoms with E-state index in [9.17, 15) is 5.11 Å². The van der Waals surface area contributed by atoms with Gasteiger partial charge < -0.3 is 5.11 Å². The predicted molar refractivity (Wildman–Crippen MR) is 66.4 cm³/mol. The summed E-state index contributed by atoms with van der Waals surface area (Å²) in [4.78, 5) is 0. The average Bonchev–Trinajstić information content (AvgIpc) is 2.00. The molecule has 0 radical (unpaired) electrons. The standard InChI is InChI=1S/C13H21NO/c1-13(2,3)10-7-8-12(15)11(9-10)14(4,5)6/h7-9H,1-6H3/p+1. The smallest absolute Gasteiger partial charge is 0.177 e. The first-order valence-corrected chi connectivity index (χ1v) is 5.28. The first kappa shape index (κ1) is 12.1. The number of phenolic OH excluding ortho intramolecular Hbond substituents is 1. The van der Waals surface area contributed by atoms with Crippen LogP contribution in [0.3, 0.4) is 0 Å². The third-order valence-corrected chi connectivity index (χ3v) is 2.56. The van der Waals surface area contributed by atoms with E-state index >= 15 is 0 Å². The molecule has 2 nitrogen and oxygen atoms in total. The number of nitrogens with zero attached hydrogens (tertiary/aromatic N) is 1. The van der Waals surface area contributed by atoms with Gasteiger partial charge in [0.05, 0.1) is 21.1 Å². The molecular weight excluding hydrogens is 186 g/mol. The predicted octanol–water partition coefficient (Wildman–Crippen LogP) is 2.89. The molecule has 1 aromatic rings. The lowest BCUT2D eigenvalue weighted by Gasteiger charge is -2.27. The third kappa shape index (κ3) is 2.72. The molecule has 0 spiro atoms. The van der Waals surface area contributed by atoms with E-state index in [1.165, 1.54) is 5.56 Å². The van der Waals surface area contributed by atoms with Crippen LogP contribution in [0.1, 0.15) is 26.3 Å². The van der Waals surface area contributed by atoms with Crippen molar-refractivity contribution in [1.82, 2.24) is 4.48 Å². The van der Waals surface area contributed by atoms with Gasteiger partial charge in [-0.05, 0) is 17.0 Å². The second kappa shape index (κ2) is 3.53. The van der Waals surface area contributed by atoms with E-state index in [1.54, 1.807) is 6.07 Å².